The highest BCUT2D eigenvalue weighted by atomic mass is 35.5. The van der Waals surface area contributed by atoms with Crippen molar-refractivity contribution in [1.82, 2.24) is 4.72 Å². The third-order valence-corrected chi connectivity index (χ3v) is 4.47. The Morgan fingerprint density at radius 1 is 1.52 bits per heavy atom. The van der Waals surface area contributed by atoms with Crippen molar-refractivity contribution in [2.75, 3.05) is 13.7 Å². The number of sulfonamides is 1. The molecule has 1 N–H and O–H groups in total. The summed E-state index contributed by atoms with van der Waals surface area (Å²) in [5.41, 5.74) is 0.162. The minimum atomic E-state index is -4.01. The van der Waals surface area contributed by atoms with E-state index in [0.717, 1.165) is 6.07 Å². The number of halogens is 1. The molecule has 1 amide bonds. The summed E-state index contributed by atoms with van der Waals surface area (Å²) < 4.78 is 31.0. The van der Waals surface area contributed by atoms with Crippen molar-refractivity contribution in [2.45, 2.75) is 18.2 Å². The summed E-state index contributed by atoms with van der Waals surface area (Å²) in [6, 6.07) is 5.47. The number of amides is 1. The van der Waals surface area contributed by atoms with Crippen LogP contribution < -0.4 is 4.72 Å². The number of ether oxygens (including phenoxy) is 1. The van der Waals surface area contributed by atoms with Crippen molar-refractivity contribution in [3.63, 3.8) is 0 Å². The maximum Gasteiger partial charge on any atom is 0.264 e. The van der Waals surface area contributed by atoms with Crippen LogP contribution in [0, 0.1) is 17.2 Å². The fraction of sp³-hybridized carbons (Fsp3) is 0.385. The van der Waals surface area contributed by atoms with Gasteiger partial charge in [-0.1, -0.05) is 18.5 Å². The predicted octanol–water partition coefficient (Wildman–Crippen LogP) is 1.69. The van der Waals surface area contributed by atoms with E-state index in [9.17, 15) is 13.2 Å². The second-order valence-electron chi connectivity index (χ2n) is 4.41. The van der Waals surface area contributed by atoms with E-state index in [1.165, 1.54) is 19.2 Å². The van der Waals surface area contributed by atoms with Gasteiger partial charge in [-0.3, -0.25) is 4.79 Å². The van der Waals surface area contributed by atoms with Crippen molar-refractivity contribution in [1.29, 1.82) is 5.26 Å². The van der Waals surface area contributed by atoms with Crippen LogP contribution in [0.3, 0.4) is 0 Å². The monoisotopic (exact) mass is 330 g/mol. The van der Waals surface area contributed by atoms with Gasteiger partial charge in [-0.2, -0.15) is 5.26 Å². The Balaban J connectivity index is 2.89. The van der Waals surface area contributed by atoms with Crippen molar-refractivity contribution in [3.05, 3.63) is 28.8 Å². The molecule has 0 aliphatic rings. The number of benzene rings is 1. The second-order valence-corrected chi connectivity index (χ2v) is 6.50. The smallest absolute Gasteiger partial charge is 0.264 e. The third-order valence-electron chi connectivity index (χ3n) is 2.81. The Kier molecular flexibility index (Phi) is 6.15. The molecule has 0 saturated carbocycles. The fourth-order valence-corrected chi connectivity index (χ4v) is 2.86. The number of nitrogens with zero attached hydrogens (tertiary/aromatic N) is 1. The quantitative estimate of drug-likeness (QED) is 0.856. The lowest BCUT2D eigenvalue weighted by Crippen LogP contribution is -2.35. The van der Waals surface area contributed by atoms with Gasteiger partial charge in [-0.25, -0.2) is 13.1 Å². The molecule has 0 spiro atoms. The molecule has 6 nitrogen and oxygen atoms in total. The van der Waals surface area contributed by atoms with E-state index >= 15 is 0 Å². The normalized spacial score (nSPS) is 12.5. The molecule has 1 unspecified atom stereocenters. The highest BCUT2D eigenvalue weighted by Crippen LogP contribution is 2.20. The van der Waals surface area contributed by atoms with Crippen LogP contribution in [-0.2, 0) is 19.6 Å². The molecular formula is C13H15ClN2O4S. The predicted molar refractivity (Wildman–Crippen MR) is 77.2 cm³/mol. The minimum absolute atomic E-state index is 0.0141. The van der Waals surface area contributed by atoms with Gasteiger partial charge in [0.15, 0.2) is 0 Å². The van der Waals surface area contributed by atoms with E-state index in [0.29, 0.717) is 13.0 Å². The molecule has 0 heterocycles. The van der Waals surface area contributed by atoms with E-state index < -0.39 is 21.8 Å². The first-order chi connectivity index (χ1) is 9.81. The fourth-order valence-electron chi connectivity index (χ4n) is 1.47. The standard InChI is InChI=1S/C13H15ClN2O4S/c1-9(5-6-20-2)13(17)16-21(18,19)11-4-3-10(8-15)12(14)7-11/h3-4,7,9H,5-6H2,1-2H3,(H,16,17). The zero-order valence-corrected chi connectivity index (χ0v) is 13.2. The average molecular weight is 331 g/mol. The summed E-state index contributed by atoms with van der Waals surface area (Å²) in [5, 5.41) is 8.76. The number of rotatable bonds is 6. The van der Waals surface area contributed by atoms with Crippen LogP contribution in [-0.4, -0.2) is 28.0 Å². The Morgan fingerprint density at radius 3 is 2.71 bits per heavy atom. The molecule has 0 saturated heterocycles. The molecule has 0 aliphatic heterocycles. The maximum absolute atomic E-state index is 12.1. The zero-order chi connectivity index (χ0) is 16.0. The van der Waals surface area contributed by atoms with Crippen LogP contribution in [0.5, 0.6) is 0 Å². The molecule has 8 heteroatoms. The van der Waals surface area contributed by atoms with E-state index in [1.807, 2.05) is 10.8 Å². The van der Waals surface area contributed by atoms with E-state index in [4.69, 9.17) is 21.6 Å². The van der Waals surface area contributed by atoms with Crippen molar-refractivity contribution in [2.24, 2.45) is 5.92 Å². The van der Waals surface area contributed by atoms with Gasteiger partial charge in [-0.05, 0) is 24.6 Å². The zero-order valence-electron chi connectivity index (χ0n) is 11.6. The van der Waals surface area contributed by atoms with Crippen LogP contribution in [0.1, 0.15) is 18.9 Å². The van der Waals surface area contributed by atoms with Crippen LogP contribution in [0.15, 0.2) is 23.1 Å². The van der Waals surface area contributed by atoms with E-state index in [1.54, 1.807) is 6.92 Å². The summed E-state index contributed by atoms with van der Waals surface area (Å²) in [7, 11) is -2.51. The van der Waals surface area contributed by atoms with Gasteiger partial charge in [0.25, 0.3) is 10.0 Å². The maximum atomic E-state index is 12.1. The first-order valence-corrected chi connectivity index (χ1v) is 7.93. The number of methoxy groups -OCH3 is 1. The lowest BCUT2D eigenvalue weighted by atomic mass is 10.1. The van der Waals surface area contributed by atoms with Crippen molar-refractivity contribution < 1.29 is 17.9 Å². The average Bonchev–Trinajstić information content (AvgIpc) is 2.44. The molecular weight excluding hydrogens is 316 g/mol. The number of hydrogen-bond donors (Lipinski definition) is 1. The summed E-state index contributed by atoms with van der Waals surface area (Å²) in [5.74, 6) is -1.12. The Bertz CT molecular complexity index is 667. The molecule has 1 rings (SSSR count). The number of hydrogen-bond acceptors (Lipinski definition) is 5. The number of carbonyl (C=O) groups is 1. The summed E-state index contributed by atoms with van der Waals surface area (Å²) in [6.45, 7) is 1.97. The van der Waals surface area contributed by atoms with E-state index in [-0.39, 0.29) is 15.5 Å². The lowest BCUT2D eigenvalue weighted by Gasteiger charge is -2.12. The van der Waals surface area contributed by atoms with Gasteiger partial charge in [0, 0.05) is 19.6 Å². The largest absolute Gasteiger partial charge is 0.385 e. The van der Waals surface area contributed by atoms with Crippen LogP contribution in [0.25, 0.3) is 0 Å². The lowest BCUT2D eigenvalue weighted by molar-refractivity contribution is -0.123. The van der Waals surface area contributed by atoms with Gasteiger partial charge in [0.1, 0.15) is 6.07 Å². The first kappa shape index (κ1) is 17.4. The molecule has 114 valence electrons. The molecule has 21 heavy (non-hydrogen) atoms. The van der Waals surface area contributed by atoms with Gasteiger partial charge in [0.2, 0.25) is 5.91 Å². The Morgan fingerprint density at radius 2 is 2.19 bits per heavy atom. The molecule has 1 atom stereocenters. The SMILES string of the molecule is COCCC(C)C(=O)NS(=O)(=O)c1ccc(C#N)c(Cl)c1. The topological polar surface area (TPSA) is 96.3 Å². The van der Waals surface area contributed by atoms with Crippen molar-refractivity contribution >= 4 is 27.5 Å². The second kappa shape index (κ2) is 7.41. The molecule has 0 radical (unpaired) electrons. The summed E-state index contributed by atoms with van der Waals surface area (Å²) in [6.07, 6.45) is 0.409. The molecule has 0 aliphatic carbocycles. The van der Waals surface area contributed by atoms with Crippen LogP contribution >= 0.6 is 11.6 Å². The summed E-state index contributed by atoms with van der Waals surface area (Å²) in [4.78, 5) is 11.6. The van der Waals surface area contributed by atoms with Crippen molar-refractivity contribution in [3.8, 4) is 6.07 Å². The third kappa shape index (κ3) is 4.70. The van der Waals surface area contributed by atoms with Crippen LogP contribution in [0.2, 0.25) is 5.02 Å². The van der Waals surface area contributed by atoms with Gasteiger partial charge in [-0.15, -0.1) is 0 Å². The van der Waals surface area contributed by atoms with Crippen LogP contribution in [0.4, 0.5) is 0 Å². The Hall–Kier alpha value is -1.62. The molecule has 1 aromatic rings. The number of nitrogens with one attached hydrogen (secondary N) is 1. The van der Waals surface area contributed by atoms with Gasteiger partial charge in [0.05, 0.1) is 15.5 Å². The van der Waals surface area contributed by atoms with Gasteiger partial charge >= 0.3 is 0 Å². The molecule has 0 aromatic heterocycles. The minimum Gasteiger partial charge on any atom is -0.385 e. The molecule has 1 aromatic carbocycles. The van der Waals surface area contributed by atoms with Gasteiger partial charge < -0.3 is 4.74 Å². The first-order valence-electron chi connectivity index (χ1n) is 6.07. The highest BCUT2D eigenvalue weighted by Gasteiger charge is 2.22. The highest BCUT2D eigenvalue weighted by molar-refractivity contribution is 7.90. The molecule has 0 bridgehead atoms. The number of carbonyl (C=O) groups excluding carboxylic acids is 1. The Labute approximate surface area is 128 Å². The summed E-state index contributed by atoms with van der Waals surface area (Å²) >= 11 is 5.79. The molecule has 0 fully saturated rings. The van der Waals surface area contributed by atoms with E-state index in [2.05, 4.69) is 0 Å². The number of nitriles is 1.